The van der Waals surface area contributed by atoms with E-state index in [-0.39, 0.29) is 28.6 Å². The molecule has 0 atom stereocenters. The standard InChI is InChI=1S/C22H18ClF2N3O4/c1-12-4-5-13(19(29)22(31)27(2)3)8-17(12)28-11-26-20(18(23)21(28)30)32-10-14-6-7-15(24)9-16(14)25/h4-9,11H,10H2,1-3H3. The zero-order valence-electron chi connectivity index (χ0n) is 17.4. The Kier molecular flexibility index (Phi) is 6.69. The van der Waals surface area contributed by atoms with Gasteiger partial charge in [-0.2, -0.15) is 0 Å². The Morgan fingerprint density at radius 1 is 1.16 bits per heavy atom. The van der Waals surface area contributed by atoms with Crippen molar-refractivity contribution in [3.05, 3.63) is 86.4 Å². The minimum Gasteiger partial charge on any atom is -0.471 e. The highest BCUT2D eigenvalue weighted by Crippen LogP contribution is 2.22. The lowest BCUT2D eigenvalue weighted by atomic mass is 10.1. The van der Waals surface area contributed by atoms with Gasteiger partial charge in [0.15, 0.2) is 5.02 Å². The third-order valence-corrected chi connectivity index (χ3v) is 4.92. The Labute approximate surface area is 186 Å². The molecule has 3 rings (SSSR count). The van der Waals surface area contributed by atoms with Crippen LogP contribution in [0.3, 0.4) is 0 Å². The van der Waals surface area contributed by atoms with Crippen molar-refractivity contribution < 1.29 is 23.1 Å². The summed E-state index contributed by atoms with van der Waals surface area (Å²) in [5.74, 6) is -3.21. The van der Waals surface area contributed by atoms with Gasteiger partial charge in [0.25, 0.3) is 11.5 Å². The first kappa shape index (κ1) is 23.1. The van der Waals surface area contributed by atoms with Crippen LogP contribution < -0.4 is 10.3 Å². The van der Waals surface area contributed by atoms with Gasteiger partial charge in [0, 0.05) is 31.3 Å². The van der Waals surface area contributed by atoms with Crippen molar-refractivity contribution in [3.63, 3.8) is 0 Å². The lowest BCUT2D eigenvalue weighted by molar-refractivity contribution is -0.124. The normalized spacial score (nSPS) is 10.7. The third kappa shape index (κ3) is 4.67. The zero-order chi connectivity index (χ0) is 23.6. The second-order valence-electron chi connectivity index (χ2n) is 7.09. The van der Waals surface area contributed by atoms with Crippen LogP contribution in [0.2, 0.25) is 5.02 Å². The lowest BCUT2D eigenvalue weighted by Crippen LogP contribution is -2.30. The second-order valence-corrected chi connectivity index (χ2v) is 7.47. The van der Waals surface area contributed by atoms with Crippen LogP contribution >= 0.6 is 11.6 Å². The predicted octanol–water partition coefficient (Wildman–Crippen LogP) is 3.32. The highest BCUT2D eigenvalue weighted by molar-refractivity contribution is 6.42. The fraction of sp³-hybridized carbons (Fsp3) is 0.182. The van der Waals surface area contributed by atoms with E-state index in [1.165, 1.54) is 32.3 Å². The maximum atomic E-state index is 13.8. The summed E-state index contributed by atoms with van der Waals surface area (Å²) in [5, 5.41) is -0.365. The van der Waals surface area contributed by atoms with Gasteiger partial charge in [-0.05, 0) is 30.7 Å². The van der Waals surface area contributed by atoms with E-state index in [0.717, 1.165) is 21.9 Å². The molecule has 0 saturated heterocycles. The van der Waals surface area contributed by atoms with Gasteiger partial charge in [0.2, 0.25) is 11.7 Å². The monoisotopic (exact) mass is 461 g/mol. The molecule has 0 fully saturated rings. The van der Waals surface area contributed by atoms with Crippen LogP contribution in [0.15, 0.2) is 47.5 Å². The average molecular weight is 462 g/mol. The Morgan fingerprint density at radius 3 is 2.53 bits per heavy atom. The number of ketones is 1. The number of likely N-dealkylation sites (N-methyl/N-ethyl adjacent to an activating group) is 1. The van der Waals surface area contributed by atoms with Gasteiger partial charge in [0.1, 0.15) is 24.6 Å². The van der Waals surface area contributed by atoms with Crippen LogP contribution in [0.4, 0.5) is 8.78 Å². The number of ether oxygens (including phenoxy) is 1. The molecule has 166 valence electrons. The molecule has 10 heteroatoms. The molecule has 0 bridgehead atoms. The Bertz CT molecular complexity index is 1270. The fourth-order valence-corrected chi connectivity index (χ4v) is 3.00. The van der Waals surface area contributed by atoms with Crippen LogP contribution in [0, 0.1) is 18.6 Å². The van der Waals surface area contributed by atoms with E-state index in [1.807, 2.05) is 0 Å². The molecule has 0 saturated carbocycles. The topological polar surface area (TPSA) is 81.5 Å². The number of halogens is 3. The number of nitrogens with zero attached hydrogens (tertiary/aromatic N) is 3. The summed E-state index contributed by atoms with van der Waals surface area (Å²) in [6.45, 7) is 1.39. The molecule has 7 nitrogen and oxygen atoms in total. The van der Waals surface area contributed by atoms with Gasteiger partial charge < -0.3 is 9.64 Å². The molecule has 1 amide bonds. The average Bonchev–Trinajstić information content (AvgIpc) is 2.75. The third-order valence-electron chi connectivity index (χ3n) is 4.60. The molecule has 32 heavy (non-hydrogen) atoms. The number of carbonyl (C=O) groups excluding carboxylic acids is 2. The number of aryl methyl sites for hydroxylation is 1. The molecule has 2 aromatic carbocycles. The number of aromatic nitrogens is 2. The minimum absolute atomic E-state index is 0.0565. The van der Waals surface area contributed by atoms with E-state index in [9.17, 15) is 23.2 Å². The molecule has 0 spiro atoms. The van der Waals surface area contributed by atoms with Crippen molar-refractivity contribution in [2.75, 3.05) is 14.1 Å². The second kappa shape index (κ2) is 9.27. The van der Waals surface area contributed by atoms with Gasteiger partial charge >= 0.3 is 0 Å². The molecule has 0 radical (unpaired) electrons. The van der Waals surface area contributed by atoms with Crippen molar-refractivity contribution in [1.82, 2.24) is 14.5 Å². The summed E-state index contributed by atoms with van der Waals surface area (Å²) >= 11 is 6.12. The maximum absolute atomic E-state index is 13.8. The maximum Gasteiger partial charge on any atom is 0.294 e. The van der Waals surface area contributed by atoms with E-state index in [1.54, 1.807) is 13.0 Å². The molecule has 0 unspecified atom stereocenters. The first-order chi connectivity index (χ1) is 15.1. The quantitative estimate of drug-likeness (QED) is 0.415. The van der Waals surface area contributed by atoms with E-state index in [0.29, 0.717) is 17.3 Å². The summed E-state index contributed by atoms with van der Waals surface area (Å²) in [7, 11) is 2.92. The molecule has 0 aliphatic carbocycles. The highest BCUT2D eigenvalue weighted by Gasteiger charge is 2.20. The Morgan fingerprint density at radius 2 is 1.88 bits per heavy atom. The van der Waals surface area contributed by atoms with Crippen molar-refractivity contribution in [3.8, 4) is 11.6 Å². The van der Waals surface area contributed by atoms with Gasteiger partial charge in [-0.25, -0.2) is 13.8 Å². The van der Waals surface area contributed by atoms with E-state index < -0.39 is 28.9 Å². The zero-order valence-corrected chi connectivity index (χ0v) is 18.1. The van der Waals surface area contributed by atoms with E-state index in [2.05, 4.69) is 4.98 Å². The highest BCUT2D eigenvalue weighted by atomic mass is 35.5. The first-order valence-electron chi connectivity index (χ1n) is 9.31. The van der Waals surface area contributed by atoms with Gasteiger partial charge in [0.05, 0.1) is 5.69 Å². The van der Waals surface area contributed by atoms with Crippen molar-refractivity contribution in [1.29, 1.82) is 0 Å². The number of hydrogen-bond donors (Lipinski definition) is 0. The van der Waals surface area contributed by atoms with E-state index in [4.69, 9.17) is 16.3 Å². The SMILES string of the molecule is Cc1ccc(C(=O)C(=O)N(C)C)cc1-n1cnc(OCc2ccc(F)cc2F)c(Cl)c1=O. The van der Waals surface area contributed by atoms with Gasteiger partial charge in [-0.3, -0.25) is 19.0 Å². The Balaban J connectivity index is 1.92. The number of rotatable bonds is 6. The first-order valence-corrected chi connectivity index (χ1v) is 9.68. The van der Waals surface area contributed by atoms with Crippen molar-refractivity contribution >= 4 is 23.3 Å². The number of hydrogen-bond acceptors (Lipinski definition) is 5. The van der Waals surface area contributed by atoms with Crippen molar-refractivity contribution in [2.24, 2.45) is 0 Å². The molecular weight excluding hydrogens is 444 g/mol. The summed E-state index contributed by atoms with van der Waals surface area (Å²) in [6, 6.07) is 7.47. The fourth-order valence-electron chi connectivity index (χ4n) is 2.81. The smallest absolute Gasteiger partial charge is 0.294 e. The lowest BCUT2D eigenvalue weighted by Gasteiger charge is -2.14. The molecule has 0 aliphatic rings. The van der Waals surface area contributed by atoms with E-state index >= 15 is 0 Å². The molecule has 1 aromatic heterocycles. The number of carbonyl (C=O) groups is 2. The summed E-state index contributed by atoms with van der Waals surface area (Å²) in [5.41, 5.74) is 0.391. The van der Waals surface area contributed by atoms with Crippen LogP contribution in [0.5, 0.6) is 5.88 Å². The molecule has 0 N–H and O–H groups in total. The van der Waals surface area contributed by atoms with Gasteiger partial charge in [-0.15, -0.1) is 0 Å². The van der Waals surface area contributed by atoms with Gasteiger partial charge in [-0.1, -0.05) is 23.7 Å². The summed E-state index contributed by atoms with van der Waals surface area (Å²) in [6.07, 6.45) is 1.15. The minimum atomic E-state index is -0.807. The number of amides is 1. The number of benzene rings is 2. The van der Waals surface area contributed by atoms with Crippen LogP contribution in [0.25, 0.3) is 5.69 Å². The molecular formula is C22H18ClF2N3O4. The molecule has 3 aromatic rings. The summed E-state index contributed by atoms with van der Waals surface area (Å²) < 4.78 is 33.3. The van der Waals surface area contributed by atoms with Crippen LogP contribution in [-0.4, -0.2) is 40.2 Å². The number of Topliss-reactive ketones (excluding diaryl/α,β-unsaturated/α-hetero) is 1. The summed E-state index contributed by atoms with van der Waals surface area (Å²) in [4.78, 5) is 42.3. The van der Waals surface area contributed by atoms with Crippen LogP contribution in [-0.2, 0) is 11.4 Å². The Hall–Kier alpha value is -3.59. The predicted molar refractivity (Wildman–Crippen MR) is 113 cm³/mol. The molecule has 1 heterocycles. The molecule has 0 aliphatic heterocycles. The largest absolute Gasteiger partial charge is 0.471 e. The van der Waals surface area contributed by atoms with Crippen molar-refractivity contribution in [2.45, 2.75) is 13.5 Å². The van der Waals surface area contributed by atoms with Crippen LogP contribution in [0.1, 0.15) is 21.5 Å².